The van der Waals surface area contributed by atoms with Gasteiger partial charge in [0.2, 0.25) is 0 Å². The van der Waals surface area contributed by atoms with Gasteiger partial charge < -0.3 is 5.32 Å². The number of rotatable bonds is 3. The maximum atomic E-state index is 12.8. The Morgan fingerprint density at radius 1 is 1.32 bits per heavy atom. The summed E-state index contributed by atoms with van der Waals surface area (Å²) in [6.45, 7) is 0.439. The highest BCUT2D eigenvalue weighted by molar-refractivity contribution is 6.20. The van der Waals surface area contributed by atoms with E-state index in [1.54, 1.807) is 0 Å². The highest BCUT2D eigenvalue weighted by Gasteiger charge is 2.34. The number of aromatic nitrogens is 1. The van der Waals surface area contributed by atoms with Crippen LogP contribution in [0.2, 0.25) is 0 Å². The molecular formula is C13H16ClF3N2. The third-order valence-corrected chi connectivity index (χ3v) is 4.04. The monoisotopic (exact) mass is 292 g/mol. The van der Waals surface area contributed by atoms with E-state index in [0.717, 1.165) is 31.7 Å². The van der Waals surface area contributed by atoms with E-state index in [2.05, 4.69) is 10.3 Å². The average Bonchev–Trinajstić information content (AvgIpc) is 2.37. The van der Waals surface area contributed by atoms with Crippen LogP contribution >= 0.6 is 11.6 Å². The Kier molecular flexibility index (Phi) is 4.55. The topological polar surface area (TPSA) is 24.9 Å². The van der Waals surface area contributed by atoms with Gasteiger partial charge in [0.1, 0.15) is 5.82 Å². The molecule has 0 bridgehead atoms. The van der Waals surface area contributed by atoms with Crippen molar-refractivity contribution in [1.29, 1.82) is 0 Å². The summed E-state index contributed by atoms with van der Waals surface area (Å²) >= 11 is 6.20. The Balaban J connectivity index is 2.03. The van der Waals surface area contributed by atoms with Gasteiger partial charge in [0.25, 0.3) is 0 Å². The second-order valence-electron chi connectivity index (χ2n) is 4.84. The molecule has 1 aliphatic carbocycles. The number of nitrogens with zero attached hydrogens (tertiary/aromatic N) is 1. The van der Waals surface area contributed by atoms with Gasteiger partial charge in [-0.05, 0) is 30.9 Å². The van der Waals surface area contributed by atoms with Gasteiger partial charge in [0.15, 0.2) is 0 Å². The quantitative estimate of drug-likeness (QED) is 0.840. The summed E-state index contributed by atoms with van der Waals surface area (Å²) in [4.78, 5) is 3.78. The molecule has 6 heteroatoms. The molecule has 1 aromatic rings. The third kappa shape index (κ3) is 3.75. The minimum Gasteiger partial charge on any atom is -0.369 e. The summed E-state index contributed by atoms with van der Waals surface area (Å²) in [5, 5.41) is 2.85. The van der Waals surface area contributed by atoms with Gasteiger partial charge in [-0.25, -0.2) is 4.98 Å². The van der Waals surface area contributed by atoms with Gasteiger partial charge in [0.05, 0.1) is 5.56 Å². The van der Waals surface area contributed by atoms with Crippen molar-refractivity contribution >= 4 is 17.4 Å². The van der Waals surface area contributed by atoms with Crippen LogP contribution in [-0.2, 0) is 6.18 Å². The van der Waals surface area contributed by atoms with Crippen LogP contribution in [0.3, 0.4) is 0 Å². The molecule has 2 nitrogen and oxygen atoms in total. The maximum absolute atomic E-state index is 12.8. The first-order chi connectivity index (χ1) is 8.98. The molecule has 1 fully saturated rings. The molecule has 0 spiro atoms. The van der Waals surface area contributed by atoms with Crippen molar-refractivity contribution in [3.8, 4) is 0 Å². The van der Waals surface area contributed by atoms with Crippen LogP contribution in [-0.4, -0.2) is 16.9 Å². The molecule has 1 N–H and O–H groups in total. The number of hydrogen-bond acceptors (Lipinski definition) is 2. The molecule has 2 unspecified atom stereocenters. The first-order valence-corrected chi connectivity index (χ1v) is 6.82. The third-order valence-electron chi connectivity index (χ3n) is 3.46. The predicted octanol–water partition coefficient (Wildman–Crippen LogP) is 4.31. The molecule has 2 atom stereocenters. The lowest BCUT2D eigenvalue weighted by molar-refractivity contribution is -0.137. The van der Waals surface area contributed by atoms with Crippen LogP contribution in [0.25, 0.3) is 0 Å². The molecule has 1 heterocycles. The minimum atomic E-state index is -4.39. The van der Waals surface area contributed by atoms with E-state index in [0.29, 0.717) is 6.54 Å². The second kappa shape index (κ2) is 5.99. The Hall–Kier alpha value is -0.970. The fourth-order valence-electron chi connectivity index (χ4n) is 2.40. The highest BCUT2D eigenvalue weighted by Crippen LogP contribution is 2.34. The van der Waals surface area contributed by atoms with Crippen LogP contribution in [0.4, 0.5) is 19.0 Å². The first-order valence-electron chi connectivity index (χ1n) is 6.38. The van der Waals surface area contributed by atoms with E-state index in [-0.39, 0.29) is 17.1 Å². The first kappa shape index (κ1) is 14.4. The van der Waals surface area contributed by atoms with E-state index >= 15 is 0 Å². The molecule has 0 radical (unpaired) electrons. The van der Waals surface area contributed by atoms with Gasteiger partial charge in [0, 0.05) is 18.1 Å². The summed E-state index contributed by atoms with van der Waals surface area (Å²) in [6, 6.07) is 2.33. The zero-order chi connectivity index (χ0) is 13.9. The number of halogens is 4. The maximum Gasteiger partial charge on any atom is 0.419 e. The van der Waals surface area contributed by atoms with Crippen molar-refractivity contribution in [3.05, 3.63) is 23.9 Å². The zero-order valence-electron chi connectivity index (χ0n) is 10.4. The average molecular weight is 293 g/mol. The number of anilines is 1. The van der Waals surface area contributed by atoms with Crippen LogP contribution in [0, 0.1) is 5.92 Å². The molecule has 19 heavy (non-hydrogen) atoms. The van der Waals surface area contributed by atoms with E-state index < -0.39 is 11.7 Å². The standard InChI is InChI=1S/C13H16ClF3N2/c14-11-6-2-1-4-9(11)8-19-12-10(13(15,16)17)5-3-7-18-12/h3,5,7,9,11H,1-2,4,6,8H2,(H,18,19). The Bertz CT molecular complexity index is 423. The summed E-state index contributed by atoms with van der Waals surface area (Å²) < 4.78 is 38.4. The Labute approximate surface area is 115 Å². The van der Waals surface area contributed by atoms with Crippen molar-refractivity contribution in [1.82, 2.24) is 4.98 Å². The smallest absolute Gasteiger partial charge is 0.369 e. The molecule has 0 saturated heterocycles. The molecule has 1 aromatic heterocycles. The van der Waals surface area contributed by atoms with Crippen molar-refractivity contribution in [2.24, 2.45) is 5.92 Å². The highest BCUT2D eigenvalue weighted by atomic mass is 35.5. The second-order valence-corrected chi connectivity index (χ2v) is 5.40. The minimum absolute atomic E-state index is 0.0410. The lowest BCUT2D eigenvalue weighted by Crippen LogP contribution is -2.27. The van der Waals surface area contributed by atoms with Gasteiger partial charge in [-0.3, -0.25) is 0 Å². The lowest BCUT2D eigenvalue weighted by atomic mass is 9.89. The predicted molar refractivity (Wildman–Crippen MR) is 69.3 cm³/mol. The fourth-order valence-corrected chi connectivity index (χ4v) is 2.76. The van der Waals surface area contributed by atoms with Gasteiger partial charge in [-0.2, -0.15) is 13.2 Å². The molecule has 106 valence electrons. The van der Waals surface area contributed by atoms with Crippen LogP contribution in [0.1, 0.15) is 31.2 Å². The molecule has 2 rings (SSSR count). The SMILES string of the molecule is FC(F)(F)c1cccnc1NCC1CCCCC1Cl. The summed E-state index contributed by atoms with van der Waals surface area (Å²) in [5.41, 5.74) is -0.725. The summed E-state index contributed by atoms with van der Waals surface area (Å²) in [7, 11) is 0. The van der Waals surface area contributed by atoms with Gasteiger partial charge in [-0.15, -0.1) is 11.6 Å². The van der Waals surface area contributed by atoms with Gasteiger partial charge in [-0.1, -0.05) is 12.8 Å². The number of nitrogens with one attached hydrogen (secondary N) is 1. The molecule has 0 aromatic carbocycles. The normalized spacial score (nSPS) is 24.2. The van der Waals surface area contributed by atoms with Crippen molar-refractivity contribution in [3.63, 3.8) is 0 Å². The van der Waals surface area contributed by atoms with E-state index in [4.69, 9.17) is 11.6 Å². The lowest BCUT2D eigenvalue weighted by Gasteiger charge is -2.27. The van der Waals surface area contributed by atoms with E-state index in [1.807, 2.05) is 0 Å². The number of pyridine rings is 1. The van der Waals surface area contributed by atoms with Crippen LogP contribution in [0.5, 0.6) is 0 Å². The molecule has 1 aliphatic rings. The zero-order valence-corrected chi connectivity index (χ0v) is 11.1. The molecular weight excluding hydrogens is 277 g/mol. The van der Waals surface area contributed by atoms with Crippen molar-refractivity contribution in [2.45, 2.75) is 37.2 Å². The van der Waals surface area contributed by atoms with E-state index in [9.17, 15) is 13.2 Å². The van der Waals surface area contributed by atoms with Crippen molar-refractivity contribution in [2.75, 3.05) is 11.9 Å². The Morgan fingerprint density at radius 3 is 2.74 bits per heavy atom. The largest absolute Gasteiger partial charge is 0.419 e. The van der Waals surface area contributed by atoms with Crippen molar-refractivity contribution < 1.29 is 13.2 Å². The van der Waals surface area contributed by atoms with Gasteiger partial charge >= 0.3 is 6.18 Å². The number of alkyl halides is 4. The molecule has 0 aliphatic heterocycles. The number of hydrogen-bond donors (Lipinski definition) is 1. The summed E-state index contributed by atoms with van der Waals surface area (Å²) in [6.07, 6.45) is 1.05. The van der Waals surface area contributed by atoms with Crippen LogP contribution in [0.15, 0.2) is 18.3 Å². The molecule has 1 saturated carbocycles. The molecule has 0 amide bonds. The summed E-state index contributed by atoms with van der Waals surface area (Å²) in [5.74, 6) is 0.1000. The van der Waals surface area contributed by atoms with Crippen LogP contribution < -0.4 is 5.32 Å². The fraction of sp³-hybridized carbons (Fsp3) is 0.615. The van der Waals surface area contributed by atoms with E-state index in [1.165, 1.54) is 12.3 Å². The Morgan fingerprint density at radius 2 is 2.05 bits per heavy atom.